The van der Waals surface area contributed by atoms with E-state index in [-0.39, 0.29) is 59.0 Å². The van der Waals surface area contributed by atoms with E-state index in [9.17, 15) is 0 Å². The van der Waals surface area contributed by atoms with Crippen LogP contribution in [-0.4, -0.2) is 8.41 Å². The van der Waals surface area contributed by atoms with Gasteiger partial charge in [-0.15, -0.1) is 0 Å². The second kappa shape index (κ2) is 154. The quantitative estimate of drug-likeness (QED) is 0.429. The van der Waals surface area contributed by atoms with Crippen LogP contribution < -0.4 is 0 Å². The molecule has 0 aliphatic heterocycles. The molecule has 0 atom stereocenters. The molecule has 6 heteroatoms. The Labute approximate surface area is 59.3 Å². The molecule has 0 fully saturated rings. The molecule has 0 heterocycles. The van der Waals surface area contributed by atoms with E-state index in [2.05, 4.69) is 0 Å². The van der Waals surface area contributed by atoms with E-state index in [1.165, 1.54) is 0 Å². The molecule has 0 bridgehead atoms. The number of rotatable bonds is 0. The van der Waals surface area contributed by atoms with Gasteiger partial charge in [-0.1, -0.05) is 0 Å². The summed E-state index contributed by atoms with van der Waals surface area (Å²) in [6, 6.07) is 0. The van der Waals surface area contributed by atoms with Crippen LogP contribution in [-0.2, 0) is 50.6 Å². The predicted octanol–water partition coefficient (Wildman–Crippen LogP) is -0.742. The van der Waals surface area contributed by atoms with Gasteiger partial charge in [-0.05, 0) is 0 Å². The van der Waals surface area contributed by atoms with Gasteiger partial charge < -0.3 is 16.4 Å². The Balaban J connectivity index is 0. The summed E-state index contributed by atoms with van der Waals surface area (Å²) in [6.07, 6.45) is 0. The molecular formula is BFe2O3. The average Bonchev–Trinajstić information content (AvgIpc) is 0. The molecule has 0 aromatic rings. The molecule has 0 aliphatic carbocycles. The molecule has 0 aromatic carbocycles. The first-order valence-corrected chi connectivity index (χ1v) is 0. The molecule has 5 radical (unpaired) electrons. The van der Waals surface area contributed by atoms with Gasteiger partial charge in [0.1, 0.15) is 0 Å². The Morgan fingerprint density at radius 3 is 0.500 bits per heavy atom. The fraction of sp³-hybridized carbons (Fsp3) is 0. The largest absolute Gasteiger partial charge is 3.00 e. The van der Waals surface area contributed by atoms with Crippen molar-refractivity contribution in [3.63, 3.8) is 0 Å². The van der Waals surface area contributed by atoms with Crippen LogP contribution in [0.3, 0.4) is 0 Å². The summed E-state index contributed by atoms with van der Waals surface area (Å²) in [5.41, 5.74) is 0. The van der Waals surface area contributed by atoms with Gasteiger partial charge in [0, 0.05) is 8.41 Å². The SMILES string of the molecule is [B].[Fe+3].[Fe+3].[O-2].[O-2].[O-2]. The second-order valence-corrected chi connectivity index (χ2v) is 0. The van der Waals surface area contributed by atoms with Gasteiger partial charge in [0.15, 0.2) is 0 Å². The minimum Gasteiger partial charge on any atom is -2.00 e. The van der Waals surface area contributed by atoms with Gasteiger partial charge in [0.2, 0.25) is 0 Å². The van der Waals surface area contributed by atoms with Crippen molar-refractivity contribution in [3.05, 3.63) is 0 Å². The van der Waals surface area contributed by atoms with Gasteiger partial charge in [0.05, 0.1) is 0 Å². The predicted molar refractivity (Wildman–Crippen MR) is 7.81 cm³/mol. The third kappa shape index (κ3) is 81.7. The van der Waals surface area contributed by atoms with Crippen molar-refractivity contribution in [2.75, 3.05) is 0 Å². The van der Waals surface area contributed by atoms with E-state index in [1.54, 1.807) is 0 Å². The Morgan fingerprint density at radius 2 is 0.500 bits per heavy atom. The smallest absolute Gasteiger partial charge is 2.00 e. The topological polar surface area (TPSA) is 85.5 Å². The van der Waals surface area contributed by atoms with Crippen LogP contribution in [0.25, 0.3) is 0 Å². The van der Waals surface area contributed by atoms with Crippen LogP contribution in [0.4, 0.5) is 0 Å². The summed E-state index contributed by atoms with van der Waals surface area (Å²) < 4.78 is 0. The molecule has 3 nitrogen and oxygen atoms in total. The summed E-state index contributed by atoms with van der Waals surface area (Å²) in [5, 5.41) is 0. The standard InChI is InChI=1S/B.2Fe.3O/q;2*+3;3*-2. The van der Waals surface area contributed by atoms with Crippen LogP contribution >= 0.6 is 0 Å². The summed E-state index contributed by atoms with van der Waals surface area (Å²) in [4.78, 5) is 0. The maximum atomic E-state index is 0. The number of hydrogen-bond acceptors (Lipinski definition) is 0. The van der Waals surface area contributed by atoms with Crippen molar-refractivity contribution in [2.24, 2.45) is 0 Å². The average molecular weight is 170 g/mol. The maximum Gasteiger partial charge on any atom is 3.00 e. The third-order valence-electron chi connectivity index (χ3n) is 0. The van der Waals surface area contributed by atoms with Crippen LogP contribution in [0.2, 0.25) is 0 Å². The van der Waals surface area contributed by atoms with Crippen molar-refractivity contribution in [1.29, 1.82) is 0 Å². The summed E-state index contributed by atoms with van der Waals surface area (Å²) in [5.74, 6) is 0. The molecule has 0 rings (SSSR count). The minimum atomic E-state index is 0. The Morgan fingerprint density at radius 1 is 0.500 bits per heavy atom. The van der Waals surface area contributed by atoms with E-state index in [4.69, 9.17) is 0 Å². The van der Waals surface area contributed by atoms with Crippen molar-refractivity contribution >= 4 is 8.41 Å². The van der Waals surface area contributed by atoms with E-state index < -0.39 is 0 Å². The monoisotopic (exact) mass is 171 g/mol. The first-order valence-electron chi connectivity index (χ1n) is 0. The van der Waals surface area contributed by atoms with Crippen molar-refractivity contribution in [1.82, 2.24) is 0 Å². The zero-order valence-corrected chi connectivity index (χ0v) is 4.72. The Bertz CT molecular complexity index is 8.75. The van der Waals surface area contributed by atoms with E-state index in [0.29, 0.717) is 0 Å². The van der Waals surface area contributed by atoms with Crippen LogP contribution in [0.15, 0.2) is 0 Å². The Kier molecular flexibility index (Phi) is 6610. The van der Waals surface area contributed by atoms with Crippen LogP contribution in [0.1, 0.15) is 0 Å². The molecule has 0 amide bonds. The molecule has 0 aromatic heterocycles. The molecular weight excluding hydrogens is 170 g/mol. The van der Waals surface area contributed by atoms with Gasteiger partial charge in [-0.25, -0.2) is 0 Å². The third-order valence-corrected chi connectivity index (χ3v) is 0. The first kappa shape index (κ1) is 258. The van der Waals surface area contributed by atoms with Gasteiger partial charge >= 0.3 is 34.1 Å². The fourth-order valence-corrected chi connectivity index (χ4v) is 0. The molecule has 0 spiro atoms. The Hall–Kier alpha value is 0.984. The summed E-state index contributed by atoms with van der Waals surface area (Å²) >= 11 is 0. The van der Waals surface area contributed by atoms with E-state index >= 15 is 0 Å². The van der Waals surface area contributed by atoms with Crippen molar-refractivity contribution in [2.45, 2.75) is 0 Å². The van der Waals surface area contributed by atoms with Crippen molar-refractivity contribution < 1.29 is 50.6 Å². The summed E-state index contributed by atoms with van der Waals surface area (Å²) in [7, 11) is 0. The second-order valence-electron chi connectivity index (χ2n) is 0. The zero-order chi connectivity index (χ0) is 0. The fourth-order valence-electron chi connectivity index (χ4n) is 0. The van der Waals surface area contributed by atoms with Gasteiger partial charge in [-0.2, -0.15) is 0 Å². The van der Waals surface area contributed by atoms with Gasteiger partial charge in [-0.3, -0.25) is 0 Å². The van der Waals surface area contributed by atoms with Gasteiger partial charge in [0.25, 0.3) is 0 Å². The molecule has 0 aliphatic rings. The van der Waals surface area contributed by atoms with Crippen LogP contribution in [0, 0.1) is 0 Å². The summed E-state index contributed by atoms with van der Waals surface area (Å²) in [6.45, 7) is 0. The molecule has 6 heavy (non-hydrogen) atoms. The zero-order valence-electron chi connectivity index (χ0n) is 2.51. The normalized spacial score (nSPS) is 0. The minimum absolute atomic E-state index is 0. The van der Waals surface area contributed by atoms with E-state index in [1.807, 2.05) is 0 Å². The molecule has 37 valence electrons. The number of hydrogen-bond donors (Lipinski definition) is 0. The molecule has 0 saturated heterocycles. The molecule has 0 N–H and O–H groups in total. The maximum absolute atomic E-state index is 0. The van der Waals surface area contributed by atoms with Crippen molar-refractivity contribution in [3.8, 4) is 0 Å². The first-order chi connectivity index (χ1) is 0. The van der Waals surface area contributed by atoms with Crippen LogP contribution in [0.5, 0.6) is 0 Å². The molecule has 0 unspecified atom stereocenters. The molecule has 0 saturated carbocycles. The van der Waals surface area contributed by atoms with E-state index in [0.717, 1.165) is 0 Å².